The molecule has 3 nitrogen and oxygen atoms in total. The summed E-state index contributed by atoms with van der Waals surface area (Å²) in [6.45, 7) is 3.66. The Morgan fingerprint density at radius 3 is 2.81 bits per heavy atom. The van der Waals surface area contributed by atoms with Gasteiger partial charge in [-0.3, -0.25) is 4.79 Å². The lowest BCUT2D eigenvalue weighted by Gasteiger charge is -1.97. The molecule has 1 rings (SSSR count). The number of aryl methyl sites for hydroxylation is 1. The molecule has 0 saturated heterocycles. The van der Waals surface area contributed by atoms with Crippen molar-refractivity contribution >= 4 is 5.91 Å². The second kappa shape index (κ2) is 5.58. The maximum absolute atomic E-state index is 10.6. The fourth-order valence-electron chi connectivity index (χ4n) is 1.17. The van der Waals surface area contributed by atoms with Crippen LogP contribution in [0.15, 0.2) is 18.2 Å². The van der Waals surface area contributed by atoms with Gasteiger partial charge in [0.25, 0.3) is 0 Å². The van der Waals surface area contributed by atoms with Gasteiger partial charge in [-0.2, -0.15) is 5.26 Å². The number of hydrogen-bond donors (Lipinski definition) is 1. The standard InChI is InChI=1S/C13H12N2O/c1-10-5-6-12(13(8-10)9-14)4-3-7-15-11(2)16/h5-6,8H,7H2,1-2H3,(H,15,16). The minimum atomic E-state index is -0.112. The summed E-state index contributed by atoms with van der Waals surface area (Å²) in [6, 6.07) is 7.61. The van der Waals surface area contributed by atoms with Crippen molar-refractivity contribution in [1.29, 1.82) is 5.26 Å². The van der Waals surface area contributed by atoms with Gasteiger partial charge in [0.1, 0.15) is 6.07 Å². The Morgan fingerprint density at radius 2 is 2.19 bits per heavy atom. The highest BCUT2D eigenvalue weighted by Crippen LogP contribution is 2.08. The lowest BCUT2D eigenvalue weighted by atomic mass is 10.1. The van der Waals surface area contributed by atoms with E-state index in [-0.39, 0.29) is 5.91 Å². The molecule has 3 heteroatoms. The van der Waals surface area contributed by atoms with Crippen molar-refractivity contribution in [2.45, 2.75) is 13.8 Å². The van der Waals surface area contributed by atoms with Crippen molar-refractivity contribution in [3.63, 3.8) is 0 Å². The van der Waals surface area contributed by atoms with E-state index in [2.05, 4.69) is 23.2 Å². The normalized spacial score (nSPS) is 8.56. The molecule has 0 spiro atoms. The highest BCUT2D eigenvalue weighted by atomic mass is 16.1. The zero-order chi connectivity index (χ0) is 12.0. The van der Waals surface area contributed by atoms with E-state index in [0.717, 1.165) is 5.56 Å². The summed E-state index contributed by atoms with van der Waals surface area (Å²) < 4.78 is 0. The average Bonchev–Trinajstić information content (AvgIpc) is 2.25. The summed E-state index contributed by atoms with van der Waals surface area (Å²) in [4.78, 5) is 10.6. The molecule has 0 saturated carbocycles. The molecule has 0 aliphatic heterocycles. The Kier molecular flexibility index (Phi) is 4.12. The third kappa shape index (κ3) is 3.48. The van der Waals surface area contributed by atoms with Crippen LogP contribution in [0.5, 0.6) is 0 Å². The molecule has 16 heavy (non-hydrogen) atoms. The number of benzene rings is 1. The van der Waals surface area contributed by atoms with Crippen LogP contribution in [0.3, 0.4) is 0 Å². The molecule has 1 N–H and O–H groups in total. The van der Waals surface area contributed by atoms with Crippen LogP contribution in [-0.2, 0) is 4.79 Å². The van der Waals surface area contributed by atoms with Crippen molar-refractivity contribution in [2.24, 2.45) is 0 Å². The number of rotatable bonds is 1. The summed E-state index contributed by atoms with van der Waals surface area (Å²) in [7, 11) is 0. The van der Waals surface area contributed by atoms with Gasteiger partial charge in [-0.1, -0.05) is 17.9 Å². The van der Waals surface area contributed by atoms with Gasteiger partial charge in [-0.15, -0.1) is 0 Å². The van der Waals surface area contributed by atoms with Gasteiger partial charge in [0.05, 0.1) is 12.1 Å². The number of nitriles is 1. The molecule has 0 atom stereocenters. The molecule has 0 bridgehead atoms. The minimum Gasteiger partial charge on any atom is -0.345 e. The first-order valence-electron chi connectivity index (χ1n) is 4.87. The lowest BCUT2D eigenvalue weighted by Crippen LogP contribution is -2.19. The van der Waals surface area contributed by atoms with E-state index in [4.69, 9.17) is 5.26 Å². The van der Waals surface area contributed by atoms with Crippen molar-refractivity contribution in [3.8, 4) is 17.9 Å². The molecule has 1 aromatic rings. The van der Waals surface area contributed by atoms with Crippen LogP contribution in [0.1, 0.15) is 23.6 Å². The summed E-state index contributed by atoms with van der Waals surface area (Å²) in [5.74, 6) is 5.54. The van der Waals surface area contributed by atoms with Gasteiger partial charge in [0, 0.05) is 12.5 Å². The van der Waals surface area contributed by atoms with Crippen LogP contribution in [0.4, 0.5) is 0 Å². The van der Waals surface area contributed by atoms with E-state index in [9.17, 15) is 4.79 Å². The Balaban J connectivity index is 2.81. The Bertz CT molecular complexity index is 501. The topological polar surface area (TPSA) is 52.9 Å². The highest BCUT2D eigenvalue weighted by Gasteiger charge is 1.98. The van der Waals surface area contributed by atoms with Crippen LogP contribution in [-0.4, -0.2) is 12.5 Å². The van der Waals surface area contributed by atoms with Gasteiger partial charge in [-0.05, 0) is 24.6 Å². The van der Waals surface area contributed by atoms with Crippen LogP contribution in [0.2, 0.25) is 0 Å². The molecular weight excluding hydrogens is 200 g/mol. The molecule has 80 valence electrons. The van der Waals surface area contributed by atoms with E-state index >= 15 is 0 Å². The van der Waals surface area contributed by atoms with Crippen LogP contribution < -0.4 is 5.32 Å². The first kappa shape index (κ1) is 11.8. The molecule has 0 unspecified atom stereocenters. The third-order valence-corrected chi connectivity index (χ3v) is 1.94. The van der Waals surface area contributed by atoms with Gasteiger partial charge < -0.3 is 5.32 Å². The first-order chi connectivity index (χ1) is 7.63. The molecule has 1 amide bonds. The Hall–Kier alpha value is -2.26. The number of hydrogen-bond acceptors (Lipinski definition) is 2. The number of carbonyl (C=O) groups is 1. The smallest absolute Gasteiger partial charge is 0.217 e. The third-order valence-electron chi connectivity index (χ3n) is 1.94. The molecule has 1 aromatic carbocycles. The zero-order valence-electron chi connectivity index (χ0n) is 9.29. The second-order valence-corrected chi connectivity index (χ2v) is 3.37. The van der Waals surface area contributed by atoms with Crippen molar-refractivity contribution in [3.05, 3.63) is 34.9 Å². The fraction of sp³-hybridized carbons (Fsp3) is 0.231. The number of amides is 1. The molecule has 0 fully saturated rings. The number of nitrogens with zero attached hydrogens (tertiary/aromatic N) is 1. The van der Waals surface area contributed by atoms with Crippen LogP contribution in [0, 0.1) is 30.1 Å². The average molecular weight is 212 g/mol. The minimum absolute atomic E-state index is 0.112. The molecule has 0 aromatic heterocycles. The second-order valence-electron chi connectivity index (χ2n) is 3.37. The van der Waals surface area contributed by atoms with Gasteiger partial charge in [0.2, 0.25) is 5.91 Å². The largest absolute Gasteiger partial charge is 0.345 e. The van der Waals surface area contributed by atoms with E-state index < -0.39 is 0 Å². The highest BCUT2D eigenvalue weighted by molar-refractivity contribution is 5.73. The Morgan fingerprint density at radius 1 is 1.44 bits per heavy atom. The summed E-state index contributed by atoms with van der Waals surface area (Å²) in [5.41, 5.74) is 2.29. The number of carbonyl (C=O) groups excluding carboxylic acids is 1. The predicted octanol–water partition coefficient (Wildman–Crippen LogP) is 1.35. The molecule has 0 heterocycles. The van der Waals surface area contributed by atoms with E-state index in [1.807, 2.05) is 19.1 Å². The van der Waals surface area contributed by atoms with Crippen molar-refractivity contribution in [1.82, 2.24) is 5.32 Å². The zero-order valence-corrected chi connectivity index (χ0v) is 9.29. The predicted molar refractivity (Wildman–Crippen MR) is 61.5 cm³/mol. The summed E-state index contributed by atoms with van der Waals surface area (Å²) in [6.07, 6.45) is 0. The maximum Gasteiger partial charge on any atom is 0.217 e. The summed E-state index contributed by atoms with van der Waals surface area (Å²) in [5, 5.41) is 11.5. The van der Waals surface area contributed by atoms with Crippen molar-refractivity contribution < 1.29 is 4.79 Å². The van der Waals surface area contributed by atoms with Crippen molar-refractivity contribution in [2.75, 3.05) is 6.54 Å². The molecule has 0 radical (unpaired) electrons. The first-order valence-corrected chi connectivity index (χ1v) is 4.87. The van der Waals surface area contributed by atoms with E-state index in [0.29, 0.717) is 17.7 Å². The summed E-state index contributed by atoms with van der Waals surface area (Å²) >= 11 is 0. The van der Waals surface area contributed by atoms with Gasteiger partial charge in [-0.25, -0.2) is 0 Å². The SMILES string of the molecule is CC(=O)NCC#Cc1ccc(C)cc1C#N. The lowest BCUT2D eigenvalue weighted by molar-refractivity contribution is -0.118. The van der Waals surface area contributed by atoms with Gasteiger partial charge >= 0.3 is 0 Å². The van der Waals surface area contributed by atoms with E-state index in [1.54, 1.807) is 6.07 Å². The maximum atomic E-state index is 10.6. The molecule has 0 aliphatic rings. The monoisotopic (exact) mass is 212 g/mol. The molecular formula is C13H12N2O. The molecule has 0 aliphatic carbocycles. The number of nitrogens with one attached hydrogen (secondary N) is 1. The quantitative estimate of drug-likeness (QED) is 0.714. The Labute approximate surface area is 95.1 Å². The van der Waals surface area contributed by atoms with Crippen LogP contribution >= 0.6 is 0 Å². The fourth-order valence-corrected chi connectivity index (χ4v) is 1.17. The van der Waals surface area contributed by atoms with E-state index in [1.165, 1.54) is 6.92 Å². The van der Waals surface area contributed by atoms with Crippen LogP contribution in [0.25, 0.3) is 0 Å². The van der Waals surface area contributed by atoms with Gasteiger partial charge in [0.15, 0.2) is 0 Å².